The van der Waals surface area contributed by atoms with Gasteiger partial charge in [0.1, 0.15) is 0 Å². The highest BCUT2D eigenvalue weighted by Gasteiger charge is 2.48. The van der Waals surface area contributed by atoms with Crippen molar-refractivity contribution in [2.24, 2.45) is 11.8 Å². The fourth-order valence-corrected chi connectivity index (χ4v) is 4.41. The first-order valence-electron chi connectivity index (χ1n) is 11.0. The lowest BCUT2D eigenvalue weighted by Crippen LogP contribution is -2.31. The number of nitrogens with one attached hydrogen (secondary N) is 1. The van der Waals surface area contributed by atoms with Crippen LogP contribution in [-0.2, 0) is 23.9 Å². The average Bonchev–Trinajstić information content (AvgIpc) is 3.12. The molecule has 0 aromatic heterocycles. The van der Waals surface area contributed by atoms with Gasteiger partial charge in [0.15, 0.2) is 6.61 Å². The maximum Gasteiger partial charge on any atom is 0.338 e. The van der Waals surface area contributed by atoms with Crippen LogP contribution in [-0.4, -0.2) is 43.4 Å². The van der Waals surface area contributed by atoms with E-state index in [1.54, 1.807) is 12.1 Å². The number of fused-ring (bicyclic) bond motifs is 1. The molecule has 2 aromatic rings. The van der Waals surface area contributed by atoms with E-state index in [1.165, 1.54) is 48.4 Å². The van der Waals surface area contributed by atoms with Crippen LogP contribution in [0.25, 0.3) is 0 Å². The standard InChI is InChI=1S/C25H24N2O7/c1-33-24(31)15-9-11-17(12-10-15)26-21(28)14-34-25(32)16-5-4-6-18(13-16)27-22(29)19-7-2-3-8-20(19)23(27)30/h4-6,9-13,19-20H,2-3,7-8,14H2,1H3,(H,26,28)/t19-,20-/m1/s1. The second kappa shape index (κ2) is 9.86. The summed E-state index contributed by atoms with van der Waals surface area (Å²) in [6, 6.07) is 12.1. The summed E-state index contributed by atoms with van der Waals surface area (Å²) in [6.45, 7) is -0.534. The Hall–Kier alpha value is -4.01. The van der Waals surface area contributed by atoms with Gasteiger partial charge in [0.2, 0.25) is 11.8 Å². The van der Waals surface area contributed by atoms with Gasteiger partial charge in [-0.2, -0.15) is 0 Å². The predicted molar refractivity (Wildman–Crippen MR) is 121 cm³/mol. The summed E-state index contributed by atoms with van der Waals surface area (Å²) in [6.07, 6.45) is 3.26. The monoisotopic (exact) mass is 464 g/mol. The van der Waals surface area contributed by atoms with Crippen LogP contribution in [0, 0.1) is 11.8 Å². The van der Waals surface area contributed by atoms with Gasteiger partial charge in [-0.1, -0.05) is 18.9 Å². The fraction of sp³-hybridized carbons (Fsp3) is 0.320. The molecular weight excluding hydrogens is 440 g/mol. The van der Waals surface area contributed by atoms with Gasteiger partial charge >= 0.3 is 11.9 Å². The highest BCUT2D eigenvalue weighted by molar-refractivity contribution is 6.22. The van der Waals surface area contributed by atoms with Crippen molar-refractivity contribution < 1.29 is 33.4 Å². The summed E-state index contributed by atoms with van der Waals surface area (Å²) in [4.78, 5) is 62.9. The Morgan fingerprint density at radius 1 is 0.912 bits per heavy atom. The summed E-state index contributed by atoms with van der Waals surface area (Å²) in [5.74, 6) is -2.84. The molecule has 3 amide bonds. The molecule has 1 aliphatic heterocycles. The predicted octanol–water partition coefficient (Wildman–Crippen LogP) is 2.95. The van der Waals surface area contributed by atoms with Crippen LogP contribution in [0.2, 0.25) is 0 Å². The molecule has 2 fully saturated rings. The molecule has 2 atom stereocenters. The number of nitrogens with zero attached hydrogens (tertiary/aromatic N) is 1. The summed E-state index contributed by atoms with van der Waals surface area (Å²) >= 11 is 0. The van der Waals surface area contributed by atoms with Crippen LogP contribution in [0.4, 0.5) is 11.4 Å². The van der Waals surface area contributed by atoms with E-state index in [-0.39, 0.29) is 29.2 Å². The highest BCUT2D eigenvalue weighted by Crippen LogP contribution is 2.40. The lowest BCUT2D eigenvalue weighted by molar-refractivity contribution is -0.122. The number of hydrogen-bond donors (Lipinski definition) is 1. The van der Waals surface area contributed by atoms with E-state index in [0.717, 1.165) is 12.8 Å². The van der Waals surface area contributed by atoms with Crippen molar-refractivity contribution in [3.63, 3.8) is 0 Å². The van der Waals surface area contributed by atoms with E-state index in [4.69, 9.17) is 4.74 Å². The second-order valence-electron chi connectivity index (χ2n) is 8.25. The SMILES string of the molecule is COC(=O)c1ccc(NC(=O)COC(=O)c2cccc(N3C(=O)[C@@H]4CCCC[C@H]4C3=O)c2)cc1. The molecule has 0 unspecified atom stereocenters. The van der Waals surface area contributed by atoms with Gasteiger partial charge in [0.05, 0.1) is 35.8 Å². The van der Waals surface area contributed by atoms with E-state index < -0.39 is 24.5 Å². The Morgan fingerprint density at radius 2 is 1.56 bits per heavy atom. The lowest BCUT2D eigenvalue weighted by atomic mass is 9.81. The summed E-state index contributed by atoms with van der Waals surface area (Å²) in [5, 5.41) is 2.56. The van der Waals surface area contributed by atoms with E-state index in [9.17, 15) is 24.0 Å². The average molecular weight is 464 g/mol. The molecule has 2 aromatic carbocycles. The molecule has 1 saturated carbocycles. The number of carbonyl (C=O) groups is 5. The van der Waals surface area contributed by atoms with Crippen LogP contribution in [0.3, 0.4) is 0 Å². The number of amides is 3. The quantitative estimate of drug-likeness (QED) is 0.516. The number of hydrogen-bond acceptors (Lipinski definition) is 7. The number of methoxy groups -OCH3 is 1. The number of imide groups is 1. The molecule has 1 heterocycles. The van der Waals surface area contributed by atoms with E-state index in [1.807, 2.05) is 0 Å². The van der Waals surface area contributed by atoms with Crippen molar-refractivity contribution in [1.29, 1.82) is 0 Å². The minimum atomic E-state index is -0.755. The minimum Gasteiger partial charge on any atom is -0.465 e. The van der Waals surface area contributed by atoms with E-state index in [0.29, 0.717) is 29.8 Å². The lowest BCUT2D eigenvalue weighted by Gasteiger charge is -2.19. The number of anilines is 2. The van der Waals surface area contributed by atoms with Crippen LogP contribution >= 0.6 is 0 Å². The molecule has 0 bridgehead atoms. The number of esters is 2. The number of rotatable bonds is 6. The Bertz CT molecular complexity index is 1120. The largest absolute Gasteiger partial charge is 0.465 e. The zero-order valence-corrected chi connectivity index (χ0v) is 18.6. The minimum absolute atomic E-state index is 0.128. The van der Waals surface area contributed by atoms with Gasteiger partial charge in [-0.15, -0.1) is 0 Å². The third-order valence-electron chi connectivity index (χ3n) is 6.11. The van der Waals surface area contributed by atoms with Gasteiger partial charge < -0.3 is 14.8 Å². The third kappa shape index (κ3) is 4.68. The molecule has 2 aliphatic rings. The van der Waals surface area contributed by atoms with Gasteiger partial charge in [0, 0.05) is 5.69 Å². The Balaban J connectivity index is 1.36. The molecule has 176 valence electrons. The molecule has 1 saturated heterocycles. The van der Waals surface area contributed by atoms with Crippen molar-refractivity contribution >= 4 is 41.0 Å². The van der Waals surface area contributed by atoms with E-state index >= 15 is 0 Å². The van der Waals surface area contributed by atoms with Gasteiger partial charge in [-0.3, -0.25) is 19.3 Å². The van der Waals surface area contributed by atoms with Crippen LogP contribution < -0.4 is 10.2 Å². The zero-order valence-electron chi connectivity index (χ0n) is 18.6. The van der Waals surface area contributed by atoms with Gasteiger partial charge in [-0.05, 0) is 55.3 Å². The summed E-state index contributed by atoms with van der Waals surface area (Å²) in [7, 11) is 1.27. The first-order valence-corrected chi connectivity index (χ1v) is 11.0. The van der Waals surface area contributed by atoms with E-state index in [2.05, 4.69) is 10.1 Å². The van der Waals surface area contributed by atoms with Gasteiger partial charge in [-0.25, -0.2) is 9.59 Å². The topological polar surface area (TPSA) is 119 Å². The number of ether oxygens (including phenoxy) is 2. The first-order chi connectivity index (χ1) is 16.4. The van der Waals surface area contributed by atoms with Crippen LogP contribution in [0.5, 0.6) is 0 Å². The van der Waals surface area contributed by atoms with Crippen molar-refractivity contribution in [1.82, 2.24) is 0 Å². The molecule has 34 heavy (non-hydrogen) atoms. The summed E-state index contributed by atoms with van der Waals surface area (Å²) < 4.78 is 9.71. The summed E-state index contributed by atoms with van der Waals surface area (Å²) in [5.41, 5.74) is 1.21. The molecule has 4 rings (SSSR count). The first kappa shape index (κ1) is 23.2. The molecule has 1 aliphatic carbocycles. The van der Waals surface area contributed by atoms with Crippen molar-refractivity contribution in [3.8, 4) is 0 Å². The zero-order chi connectivity index (χ0) is 24.2. The molecule has 0 radical (unpaired) electrons. The third-order valence-corrected chi connectivity index (χ3v) is 6.11. The van der Waals surface area contributed by atoms with Crippen LogP contribution in [0.1, 0.15) is 46.4 Å². The smallest absolute Gasteiger partial charge is 0.338 e. The second-order valence-corrected chi connectivity index (χ2v) is 8.25. The van der Waals surface area contributed by atoms with Gasteiger partial charge in [0.25, 0.3) is 5.91 Å². The van der Waals surface area contributed by atoms with Crippen LogP contribution in [0.15, 0.2) is 48.5 Å². The maximum absolute atomic E-state index is 12.8. The molecule has 9 heteroatoms. The Labute approximate surface area is 196 Å². The molecule has 1 N–H and O–H groups in total. The fourth-order valence-electron chi connectivity index (χ4n) is 4.41. The maximum atomic E-state index is 12.8. The van der Waals surface area contributed by atoms with Crippen molar-refractivity contribution in [2.75, 3.05) is 23.9 Å². The Morgan fingerprint density at radius 3 is 2.18 bits per heavy atom. The number of carbonyl (C=O) groups excluding carboxylic acids is 5. The van der Waals surface area contributed by atoms with Crippen molar-refractivity contribution in [2.45, 2.75) is 25.7 Å². The Kier molecular flexibility index (Phi) is 6.72. The molecule has 9 nitrogen and oxygen atoms in total. The normalized spacial score (nSPS) is 19.4. The number of benzene rings is 2. The van der Waals surface area contributed by atoms with Crippen molar-refractivity contribution in [3.05, 3.63) is 59.7 Å². The molecule has 0 spiro atoms. The highest BCUT2D eigenvalue weighted by atomic mass is 16.5. The molecular formula is C25H24N2O7.